The van der Waals surface area contributed by atoms with Crippen LogP contribution in [0.2, 0.25) is 5.02 Å². The van der Waals surface area contributed by atoms with Crippen molar-refractivity contribution in [2.45, 2.75) is 13.5 Å². The van der Waals surface area contributed by atoms with E-state index in [1.165, 1.54) is 0 Å². The number of ether oxygens (including phenoxy) is 1. The van der Waals surface area contributed by atoms with E-state index in [0.29, 0.717) is 23.1 Å². The third kappa shape index (κ3) is 2.14. The molecule has 4 nitrogen and oxygen atoms in total. The molecule has 2 N–H and O–H groups in total. The van der Waals surface area contributed by atoms with E-state index in [1.807, 2.05) is 13.0 Å². The van der Waals surface area contributed by atoms with Gasteiger partial charge in [0.2, 0.25) is 0 Å². The number of nitrogens with zero attached hydrogens (tertiary/aromatic N) is 1. The zero-order valence-corrected chi connectivity index (χ0v) is 10.4. The lowest BCUT2D eigenvalue weighted by atomic mass is 10.1. The largest absolute Gasteiger partial charge is 0.495 e. The van der Waals surface area contributed by atoms with Crippen LogP contribution >= 0.6 is 11.6 Å². The van der Waals surface area contributed by atoms with Crippen molar-refractivity contribution >= 4 is 11.6 Å². The van der Waals surface area contributed by atoms with Gasteiger partial charge in [0.05, 0.1) is 17.8 Å². The van der Waals surface area contributed by atoms with Gasteiger partial charge in [-0.05, 0) is 25.1 Å². The molecule has 0 saturated heterocycles. The lowest BCUT2D eigenvalue weighted by Gasteiger charge is -2.05. The molecule has 1 aromatic heterocycles. The molecule has 0 aliphatic carbocycles. The van der Waals surface area contributed by atoms with Gasteiger partial charge in [-0.3, -0.25) is 0 Å². The minimum absolute atomic E-state index is 0.383. The number of methoxy groups -OCH3 is 1. The Bertz CT molecular complexity index is 537. The molecular formula is C12H13ClN2O2. The highest BCUT2D eigenvalue weighted by atomic mass is 35.5. The van der Waals surface area contributed by atoms with Gasteiger partial charge >= 0.3 is 0 Å². The number of halogens is 1. The van der Waals surface area contributed by atoms with Crippen LogP contribution in [0.15, 0.2) is 22.7 Å². The van der Waals surface area contributed by atoms with Crippen LogP contribution in [0.1, 0.15) is 11.3 Å². The quantitative estimate of drug-likeness (QED) is 0.912. The normalized spacial score (nSPS) is 10.6. The van der Waals surface area contributed by atoms with Gasteiger partial charge in [0.15, 0.2) is 5.76 Å². The van der Waals surface area contributed by atoms with Gasteiger partial charge in [-0.15, -0.1) is 0 Å². The highest BCUT2D eigenvalue weighted by Crippen LogP contribution is 2.32. The second kappa shape index (κ2) is 4.77. The molecule has 90 valence electrons. The summed E-state index contributed by atoms with van der Waals surface area (Å²) in [6.07, 6.45) is 0. The minimum atomic E-state index is 0.383. The first kappa shape index (κ1) is 12.0. The summed E-state index contributed by atoms with van der Waals surface area (Å²) in [6, 6.07) is 5.43. The smallest absolute Gasteiger partial charge is 0.171 e. The maximum Gasteiger partial charge on any atom is 0.171 e. The molecule has 17 heavy (non-hydrogen) atoms. The molecule has 2 rings (SSSR count). The molecule has 0 aliphatic heterocycles. The number of hydrogen-bond acceptors (Lipinski definition) is 4. The van der Waals surface area contributed by atoms with Crippen LogP contribution in [0, 0.1) is 6.92 Å². The Balaban J connectivity index is 2.49. The minimum Gasteiger partial charge on any atom is -0.495 e. The number of nitrogens with two attached hydrogens (primary N) is 1. The van der Waals surface area contributed by atoms with Crippen molar-refractivity contribution in [2.24, 2.45) is 5.73 Å². The number of rotatable bonds is 3. The van der Waals surface area contributed by atoms with E-state index in [4.69, 9.17) is 26.6 Å². The maximum absolute atomic E-state index is 6.06. The van der Waals surface area contributed by atoms with Crippen LogP contribution in [-0.2, 0) is 6.54 Å². The van der Waals surface area contributed by atoms with E-state index in [9.17, 15) is 0 Å². The van der Waals surface area contributed by atoms with Gasteiger partial charge in [-0.2, -0.15) is 0 Å². The number of benzene rings is 1. The molecule has 1 heterocycles. The Hall–Kier alpha value is -1.52. The molecule has 0 fully saturated rings. The fourth-order valence-corrected chi connectivity index (χ4v) is 1.92. The van der Waals surface area contributed by atoms with Crippen molar-refractivity contribution in [3.8, 4) is 17.1 Å². The molecule has 1 aromatic carbocycles. The van der Waals surface area contributed by atoms with E-state index >= 15 is 0 Å². The number of hydrogen-bond donors (Lipinski definition) is 1. The van der Waals surface area contributed by atoms with Crippen LogP contribution in [-0.4, -0.2) is 12.3 Å². The Kier molecular flexibility index (Phi) is 3.36. The van der Waals surface area contributed by atoms with Gasteiger partial charge in [-0.1, -0.05) is 16.8 Å². The summed E-state index contributed by atoms with van der Waals surface area (Å²) in [5.74, 6) is 1.29. The maximum atomic E-state index is 6.06. The first-order chi connectivity index (χ1) is 8.17. The predicted molar refractivity (Wildman–Crippen MR) is 66.1 cm³/mol. The molecule has 2 aromatic rings. The standard InChI is InChI=1S/C12H13ClN2O2/c1-7-9(6-14)12(17-15-7)8-3-4-11(16-2)10(13)5-8/h3-5H,6,14H2,1-2H3. The van der Waals surface area contributed by atoms with Crippen molar-refractivity contribution in [3.63, 3.8) is 0 Å². The van der Waals surface area contributed by atoms with Gasteiger partial charge in [0.1, 0.15) is 5.75 Å². The molecule has 0 bridgehead atoms. The molecular weight excluding hydrogens is 240 g/mol. The highest BCUT2D eigenvalue weighted by molar-refractivity contribution is 6.32. The summed E-state index contributed by atoms with van der Waals surface area (Å²) < 4.78 is 10.4. The van der Waals surface area contributed by atoms with Crippen LogP contribution in [0.5, 0.6) is 5.75 Å². The summed E-state index contributed by atoms with van der Waals surface area (Å²) in [5.41, 5.74) is 8.21. The Morgan fingerprint density at radius 3 is 2.82 bits per heavy atom. The van der Waals surface area contributed by atoms with Crippen molar-refractivity contribution in [1.29, 1.82) is 0 Å². The summed E-state index contributed by atoms with van der Waals surface area (Å²) in [6.45, 7) is 2.24. The molecule has 5 heteroatoms. The van der Waals surface area contributed by atoms with Crippen molar-refractivity contribution in [2.75, 3.05) is 7.11 Å². The number of aryl methyl sites for hydroxylation is 1. The van der Waals surface area contributed by atoms with E-state index in [1.54, 1.807) is 19.2 Å². The average Bonchev–Trinajstić information content (AvgIpc) is 2.70. The zero-order valence-electron chi connectivity index (χ0n) is 9.66. The lowest BCUT2D eigenvalue weighted by Crippen LogP contribution is -1.98. The third-order valence-corrected chi connectivity index (χ3v) is 2.90. The topological polar surface area (TPSA) is 61.3 Å². The molecule has 0 saturated carbocycles. The SMILES string of the molecule is COc1ccc(-c2onc(C)c2CN)cc1Cl. The van der Waals surface area contributed by atoms with Gasteiger partial charge in [-0.25, -0.2) is 0 Å². The van der Waals surface area contributed by atoms with E-state index in [2.05, 4.69) is 5.16 Å². The molecule has 0 spiro atoms. The molecule has 0 aliphatic rings. The van der Waals surface area contributed by atoms with Crippen LogP contribution in [0.4, 0.5) is 0 Å². The summed E-state index contributed by atoms with van der Waals surface area (Å²) in [7, 11) is 1.57. The Morgan fingerprint density at radius 1 is 1.47 bits per heavy atom. The summed E-state index contributed by atoms with van der Waals surface area (Å²) >= 11 is 6.06. The van der Waals surface area contributed by atoms with Crippen LogP contribution in [0.3, 0.4) is 0 Å². The van der Waals surface area contributed by atoms with Crippen molar-refractivity contribution in [1.82, 2.24) is 5.16 Å². The van der Waals surface area contributed by atoms with E-state index < -0.39 is 0 Å². The van der Waals surface area contributed by atoms with E-state index in [-0.39, 0.29) is 0 Å². The number of aromatic nitrogens is 1. The van der Waals surface area contributed by atoms with E-state index in [0.717, 1.165) is 16.8 Å². The zero-order chi connectivity index (χ0) is 12.4. The molecule has 0 atom stereocenters. The molecule has 0 amide bonds. The summed E-state index contributed by atoms with van der Waals surface area (Å²) in [5, 5.41) is 4.44. The lowest BCUT2D eigenvalue weighted by molar-refractivity contribution is 0.414. The molecule has 0 radical (unpaired) electrons. The second-order valence-electron chi connectivity index (χ2n) is 3.63. The predicted octanol–water partition coefficient (Wildman–Crippen LogP) is 2.77. The fraction of sp³-hybridized carbons (Fsp3) is 0.250. The average molecular weight is 253 g/mol. The van der Waals surface area contributed by atoms with Gasteiger partial charge < -0.3 is 15.0 Å². The van der Waals surface area contributed by atoms with Gasteiger partial charge in [0.25, 0.3) is 0 Å². The third-order valence-electron chi connectivity index (χ3n) is 2.60. The van der Waals surface area contributed by atoms with Crippen LogP contribution in [0.25, 0.3) is 11.3 Å². The van der Waals surface area contributed by atoms with Crippen LogP contribution < -0.4 is 10.5 Å². The second-order valence-corrected chi connectivity index (χ2v) is 4.04. The highest BCUT2D eigenvalue weighted by Gasteiger charge is 2.14. The summed E-state index contributed by atoms with van der Waals surface area (Å²) in [4.78, 5) is 0. The molecule has 0 unspecified atom stereocenters. The van der Waals surface area contributed by atoms with Crippen molar-refractivity contribution in [3.05, 3.63) is 34.5 Å². The monoisotopic (exact) mass is 252 g/mol. The first-order valence-electron chi connectivity index (χ1n) is 5.16. The Labute approximate surface area is 104 Å². The van der Waals surface area contributed by atoms with Crippen molar-refractivity contribution < 1.29 is 9.26 Å². The first-order valence-corrected chi connectivity index (χ1v) is 5.54. The van der Waals surface area contributed by atoms with Gasteiger partial charge in [0, 0.05) is 17.7 Å². The Morgan fingerprint density at radius 2 is 2.24 bits per heavy atom. The fourth-order valence-electron chi connectivity index (χ4n) is 1.66.